The zero-order chi connectivity index (χ0) is 15.4. The molecule has 0 aliphatic carbocycles. The molecule has 0 amide bonds. The number of aromatic nitrogens is 2. The molecular formula is C16H21BrFN3. The molecule has 1 unspecified atom stereocenters. The number of aromatic amines is 1. The van der Waals surface area contributed by atoms with Crippen molar-refractivity contribution < 1.29 is 4.39 Å². The Morgan fingerprint density at radius 1 is 1.38 bits per heavy atom. The average Bonchev–Trinajstić information content (AvgIpc) is 2.85. The first kappa shape index (κ1) is 16.2. The molecule has 2 aromatic rings. The van der Waals surface area contributed by atoms with Crippen LogP contribution in [0.1, 0.15) is 26.1 Å². The summed E-state index contributed by atoms with van der Waals surface area (Å²) in [5.74, 6) is 1.72. The minimum absolute atomic E-state index is 0.259. The third-order valence-electron chi connectivity index (χ3n) is 3.47. The summed E-state index contributed by atoms with van der Waals surface area (Å²) in [4.78, 5) is 7.73. The number of benzene rings is 1. The van der Waals surface area contributed by atoms with Crippen LogP contribution in [-0.2, 0) is 6.42 Å². The second kappa shape index (κ2) is 7.18. The lowest BCUT2D eigenvalue weighted by Gasteiger charge is -2.15. The summed E-state index contributed by atoms with van der Waals surface area (Å²) in [6, 6.07) is 4.64. The van der Waals surface area contributed by atoms with E-state index in [0.717, 1.165) is 34.4 Å². The van der Waals surface area contributed by atoms with Crippen molar-refractivity contribution in [1.82, 2.24) is 9.97 Å². The fourth-order valence-electron chi connectivity index (χ4n) is 2.51. The van der Waals surface area contributed by atoms with E-state index in [0.29, 0.717) is 18.4 Å². The van der Waals surface area contributed by atoms with Crippen LogP contribution in [0.25, 0.3) is 11.3 Å². The molecule has 0 saturated heterocycles. The van der Waals surface area contributed by atoms with Gasteiger partial charge in [-0.1, -0.05) is 13.8 Å². The van der Waals surface area contributed by atoms with Crippen molar-refractivity contribution in [2.75, 3.05) is 6.54 Å². The Bertz CT molecular complexity index is 595. The fraction of sp³-hybridized carbons (Fsp3) is 0.438. The number of nitrogens with one attached hydrogen (secondary N) is 1. The molecule has 0 aliphatic heterocycles. The van der Waals surface area contributed by atoms with Gasteiger partial charge in [-0.3, -0.25) is 0 Å². The highest BCUT2D eigenvalue weighted by molar-refractivity contribution is 9.10. The van der Waals surface area contributed by atoms with E-state index >= 15 is 0 Å². The second-order valence-electron chi connectivity index (χ2n) is 5.80. The molecular weight excluding hydrogens is 333 g/mol. The van der Waals surface area contributed by atoms with Crippen LogP contribution in [0.4, 0.5) is 4.39 Å². The maximum atomic E-state index is 13.1. The number of imidazole rings is 1. The molecule has 1 aromatic heterocycles. The third-order valence-corrected chi connectivity index (χ3v) is 4.13. The smallest absolute Gasteiger partial charge is 0.124 e. The predicted molar refractivity (Wildman–Crippen MR) is 87.4 cm³/mol. The molecule has 3 N–H and O–H groups in total. The van der Waals surface area contributed by atoms with Crippen LogP contribution in [0.3, 0.4) is 0 Å². The lowest BCUT2D eigenvalue weighted by Crippen LogP contribution is -2.19. The molecule has 0 bridgehead atoms. The first-order valence-electron chi connectivity index (χ1n) is 7.19. The summed E-state index contributed by atoms with van der Waals surface area (Å²) in [6.07, 6.45) is 3.72. The standard InChI is InChI=1S/C16H21BrFN3/c1-10(2)5-11(8-19)6-16-20-9-15(21-16)13-4-3-12(18)7-14(13)17/h3-4,7,9-11H,5-6,8,19H2,1-2H3,(H,20,21). The molecule has 0 spiro atoms. The highest BCUT2D eigenvalue weighted by Gasteiger charge is 2.13. The zero-order valence-electron chi connectivity index (χ0n) is 12.4. The molecule has 1 heterocycles. The summed E-state index contributed by atoms with van der Waals surface area (Å²) in [7, 11) is 0. The van der Waals surface area contributed by atoms with E-state index in [1.54, 1.807) is 12.3 Å². The van der Waals surface area contributed by atoms with Crippen LogP contribution < -0.4 is 5.73 Å². The molecule has 0 saturated carbocycles. The predicted octanol–water partition coefficient (Wildman–Crippen LogP) is 4.14. The number of hydrogen-bond acceptors (Lipinski definition) is 2. The van der Waals surface area contributed by atoms with Crippen LogP contribution in [0.5, 0.6) is 0 Å². The summed E-state index contributed by atoms with van der Waals surface area (Å²) in [5, 5.41) is 0. The monoisotopic (exact) mass is 353 g/mol. The number of hydrogen-bond donors (Lipinski definition) is 2. The van der Waals surface area contributed by atoms with Gasteiger partial charge in [0, 0.05) is 16.5 Å². The van der Waals surface area contributed by atoms with Gasteiger partial charge in [-0.15, -0.1) is 0 Å². The number of nitrogens with zero attached hydrogens (tertiary/aromatic N) is 1. The number of H-pyrrole nitrogens is 1. The molecule has 0 radical (unpaired) electrons. The Kier molecular flexibility index (Phi) is 5.53. The van der Waals surface area contributed by atoms with Crippen LogP contribution in [0.15, 0.2) is 28.9 Å². The molecule has 0 fully saturated rings. The van der Waals surface area contributed by atoms with Crippen molar-refractivity contribution in [2.24, 2.45) is 17.6 Å². The minimum atomic E-state index is -0.259. The molecule has 21 heavy (non-hydrogen) atoms. The number of rotatable bonds is 6. The van der Waals surface area contributed by atoms with E-state index < -0.39 is 0 Å². The van der Waals surface area contributed by atoms with Gasteiger partial charge in [0.1, 0.15) is 11.6 Å². The van der Waals surface area contributed by atoms with Gasteiger partial charge in [0.05, 0.1) is 11.9 Å². The van der Waals surface area contributed by atoms with Gasteiger partial charge in [0.2, 0.25) is 0 Å². The van der Waals surface area contributed by atoms with Gasteiger partial charge in [-0.05, 0) is 58.9 Å². The van der Waals surface area contributed by atoms with E-state index in [2.05, 4.69) is 39.7 Å². The molecule has 1 atom stereocenters. The summed E-state index contributed by atoms with van der Waals surface area (Å²) in [5.41, 5.74) is 7.63. The molecule has 0 aliphatic rings. The van der Waals surface area contributed by atoms with Crippen LogP contribution in [-0.4, -0.2) is 16.5 Å². The van der Waals surface area contributed by atoms with E-state index in [4.69, 9.17) is 5.73 Å². The molecule has 5 heteroatoms. The summed E-state index contributed by atoms with van der Waals surface area (Å²) in [6.45, 7) is 5.06. The maximum absolute atomic E-state index is 13.1. The van der Waals surface area contributed by atoms with Crippen LogP contribution >= 0.6 is 15.9 Å². The lowest BCUT2D eigenvalue weighted by atomic mass is 9.94. The van der Waals surface area contributed by atoms with Crippen LogP contribution in [0.2, 0.25) is 0 Å². The van der Waals surface area contributed by atoms with E-state index in [9.17, 15) is 4.39 Å². The highest BCUT2D eigenvalue weighted by atomic mass is 79.9. The van der Waals surface area contributed by atoms with Crippen molar-refractivity contribution >= 4 is 15.9 Å². The minimum Gasteiger partial charge on any atom is -0.342 e. The second-order valence-corrected chi connectivity index (χ2v) is 6.66. The quantitative estimate of drug-likeness (QED) is 0.819. The largest absolute Gasteiger partial charge is 0.342 e. The Morgan fingerprint density at radius 2 is 2.14 bits per heavy atom. The Balaban J connectivity index is 2.14. The van der Waals surface area contributed by atoms with Crippen molar-refractivity contribution in [2.45, 2.75) is 26.7 Å². The van der Waals surface area contributed by atoms with Gasteiger partial charge in [-0.25, -0.2) is 9.37 Å². The Hall–Kier alpha value is -1.20. The average molecular weight is 354 g/mol. The normalized spacial score (nSPS) is 12.9. The van der Waals surface area contributed by atoms with Gasteiger partial charge in [0.15, 0.2) is 0 Å². The van der Waals surface area contributed by atoms with Gasteiger partial charge >= 0.3 is 0 Å². The molecule has 1 aromatic carbocycles. The highest BCUT2D eigenvalue weighted by Crippen LogP contribution is 2.28. The number of halogens is 2. The van der Waals surface area contributed by atoms with Crippen molar-refractivity contribution in [3.05, 3.63) is 40.5 Å². The molecule has 114 valence electrons. The van der Waals surface area contributed by atoms with Crippen molar-refractivity contribution in [3.63, 3.8) is 0 Å². The van der Waals surface area contributed by atoms with Crippen molar-refractivity contribution in [3.8, 4) is 11.3 Å². The van der Waals surface area contributed by atoms with Crippen molar-refractivity contribution in [1.29, 1.82) is 0 Å². The first-order chi connectivity index (χ1) is 9.99. The van der Waals surface area contributed by atoms with E-state index in [1.807, 2.05) is 0 Å². The van der Waals surface area contributed by atoms with E-state index in [1.165, 1.54) is 12.1 Å². The summed E-state index contributed by atoms with van der Waals surface area (Å²) < 4.78 is 13.9. The Morgan fingerprint density at radius 3 is 2.76 bits per heavy atom. The third kappa shape index (κ3) is 4.38. The number of nitrogens with two attached hydrogens (primary N) is 1. The fourth-order valence-corrected chi connectivity index (χ4v) is 3.08. The van der Waals surface area contributed by atoms with Crippen LogP contribution in [0, 0.1) is 17.7 Å². The van der Waals surface area contributed by atoms with Gasteiger partial charge in [-0.2, -0.15) is 0 Å². The van der Waals surface area contributed by atoms with Gasteiger partial charge in [0.25, 0.3) is 0 Å². The lowest BCUT2D eigenvalue weighted by molar-refractivity contribution is 0.409. The first-order valence-corrected chi connectivity index (χ1v) is 7.98. The SMILES string of the molecule is CC(C)CC(CN)Cc1ncc(-c2ccc(F)cc2Br)[nH]1. The summed E-state index contributed by atoms with van der Waals surface area (Å²) >= 11 is 3.38. The topological polar surface area (TPSA) is 54.7 Å². The Labute approximate surface area is 133 Å². The van der Waals surface area contributed by atoms with Gasteiger partial charge < -0.3 is 10.7 Å². The van der Waals surface area contributed by atoms with E-state index in [-0.39, 0.29) is 5.82 Å². The molecule has 2 rings (SSSR count). The molecule has 3 nitrogen and oxygen atoms in total. The zero-order valence-corrected chi connectivity index (χ0v) is 14.0. The maximum Gasteiger partial charge on any atom is 0.124 e.